The normalized spacial score (nSPS) is 11.2. The molecule has 0 radical (unpaired) electrons. The standard InChI is InChI=1S/C21H30N4O3/c1-4-22-21(25(2)13-14-27-19-10-6-5-7-11-19)24-17-18-9-8-12-23-20(18)28-16-15-26-3/h5-12H,4,13-17H2,1-3H3,(H,22,24). The van der Waals surface area contributed by atoms with E-state index in [4.69, 9.17) is 19.2 Å². The molecule has 0 aliphatic rings. The van der Waals surface area contributed by atoms with Crippen molar-refractivity contribution in [1.82, 2.24) is 15.2 Å². The predicted octanol–water partition coefficient (Wildman–Crippen LogP) is 2.58. The molecule has 28 heavy (non-hydrogen) atoms. The zero-order chi connectivity index (χ0) is 20.0. The minimum Gasteiger partial charge on any atom is -0.492 e. The molecule has 152 valence electrons. The third-order valence-electron chi connectivity index (χ3n) is 3.91. The number of guanidine groups is 1. The van der Waals surface area contributed by atoms with E-state index in [1.54, 1.807) is 13.3 Å². The molecule has 0 amide bonds. The second-order valence-corrected chi connectivity index (χ2v) is 6.06. The molecule has 1 aromatic heterocycles. The van der Waals surface area contributed by atoms with Gasteiger partial charge in [-0.05, 0) is 25.1 Å². The summed E-state index contributed by atoms with van der Waals surface area (Å²) in [6, 6.07) is 13.7. The average molecular weight is 386 g/mol. The topological polar surface area (TPSA) is 68.2 Å². The van der Waals surface area contributed by atoms with Crippen LogP contribution in [-0.2, 0) is 11.3 Å². The number of methoxy groups -OCH3 is 1. The molecule has 7 nitrogen and oxygen atoms in total. The minimum absolute atomic E-state index is 0.459. The number of benzene rings is 1. The van der Waals surface area contributed by atoms with Gasteiger partial charge in [-0.15, -0.1) is 0 Å². The maximum Gasteiger partial charge on any atom is 0.218 e. The molecule has 2 rings (SSSR count). The van der Waals surface area contributed by atoms with Gasteiger partial charge in [-0.3, -0.25) is 0 Å². The first-order valence-electron chi connectivity index (χ1n) is 9.47. The van der Waals surface area contributed by atoms with Crippen LogP contribution in [0.1, 0.15) is 12.5 Å². The number of ether oxygens (including phenoxy) is 3. The van der Waals surface area contributed by atoms with Crippen LogP contribution in [0.3, 0.4) is 0 Å². The van der Waals surface area contributed by atoms with E-state index in [0.717, 1.165) is 23.8 Å². The van der Waals surface area contributed by atoms with Gasteiger partial charge in [-0.1, -0.05) is 24.3 Å². The van der Waals surface area contributed by atoms with Crippen molar-refractivity contribution in [2.45, 2.75) is 13.5 Å². The van der Waals surface area contributed by atoms with Crippen LogP contribution in [-0.4, -0.2) is 62.9 Å². The van der Waals surface area contributed by atoms with Crippen LogP contribution in [0.4, 0.5) is 0 Å². The summed E-state index contributed by atoms with van der Waals surface area (Å²) < 4.78 is 16.5. The van der Waals surface area contributed by atoms with E-state index in [1.807, 2.05) is 61.3 Å². The van der Waals surface area contributed by atoms with E-state index >= 15 is 0 Å². The van der Waals surface area contributed by atoms with E-state index in [9.17, 15) is 0 Å². The number of rotatable bonds is 11. The summed E-state index contributed by atoms with van der Waals surface area (Å²) in [4.78, 5) is 11.1. The Bertz CT molecular complexity index is 710. The third kappa shape index (κ3) is 7.44. The Morgan fingerprint density at radius 3 is 2.64 bits per heavy atom. The summed E-state index contributed by atoms with van der Waals surface area (Å²) in [5.74, 6) is 2.27. The van der Waals surface area contributed by atoms with Gasteiger partial charge in [0.15, 0.2) is 5.96 Å². The summed E-state index contributed by atoms with van der Waals surface area (Å²) in [6.45, 7) is 5.57. The summed E-state index contributed by atoms with van der Waals surface area (Å²) >= 11 is 0. The summed E-state index contributed by atoms with van der Waals surface area (Å²) in [7, 11) is 3.64. The molecule has 0 saturated heterocycles. The molecule has 1 heterocycles. The second-order valence-electron chi connectivity index (χ2n) is 6.06. The lowest BCUT2D eigenvalue weighted by Crippen LogP contribution is -2.40. The predicted molar refractivity (Wildman–Crippen MR) is 111 cm³/mol. The highest BCUT2D eigenvalue weighted by Gasteiger charge is 2.08. The Hall–Kier alpha value is -2.80. The van der Waals surface area contributed by atoms with Gasteiger partial charge in [0.2, 0.25) is 5.88 Å². The smallest absolute Gasteiger partial charge is 0.218 e. The molecule has 2 aromatic rings. The van der Waals surface area contributed by atoms with E-state index < -0.39 is 0 Å². The number of hydrogen-bond donors (Lipinski definition) is 1. The van der Waals surface area contributed by atoms with Gasteiger partial charge in [-0.2, -0.15) is 0 Å². The van der Waals surface area contributed by atoms with Crippen molar-refractivity contribution in [2.75, 3.05) is 47.1 Å². The van der Waals surface area contributed by atoms with Gasteiger partial charge in [0.05, 0.1) is 19.7 Å². The molecule has 0 aliphatic heterocycles. The Morgan fingerprint density at radius 2 is 1.89 bits per heavy atom. The van der Waals surface area contributed by atoms with Crippen molar-refractivity contribution in [2.24, 2.45) is 4.99 Å². The third-order valence-corrected chi connectivity index (χ3v) is 3.91. The number of aliphatic imine (C=N–C) groups is 1. The largest absolute Gasteiger partial charge is 0.492 e. The van der Waals surface area contributed by atoms with Crippen molar-refractivity contribution in [3.63, 3.8) is 0 Å². The number of para-hydroxylation sites is 1. The van der Waals surface area contributed by atoms with Crippen molar-refractivity contribution >= 4 is 5.96 Å². The molecule has 0 atom stereocenters. The summed E-state index contributed by atoms with van der Waals surface area (Å²) in [5.41, 5.74) is 0.933. The first-order chi connectivity index (χ1) is 13.7. The maximum absolute atomic E-state index is 5.78. The number of aromatic nitrogens is 1. The van der Waals surface area contributed by atoms with E-state index in [2.05, 4.69) is 10.3 Å². The molecule has 0 spiro atoms. The number of nitrogens with zero attached hydrogens (tertiary/aromatic N) is 3. The van der Waals surface area contributed by atoms with Crippen LogP contribution >= 0.6 is 0 Å². The zero-order valence-electron chi connectivity index (χ0n) is 16.9. The fraction of sp³-hybridized carbons (Fsp3) is 0.429. The average Bonchev–Trinajstić information content (AvgIpc) is 2.73. The highest BCUT2D eigenvalue weighted by atomic mass is 16.5. The molecule has 0 bridgehead atoms. The lowest BCUT2D eigenvalue weighted by atomic mass is 10.3. The lowest BCUT2D eigenvalue weighted by molar-refractivity contribution is 0.143. The minimum atomic E-state index is 0.459. The summed E-state index contributed by atoms with van der Waals surface area (Å²) in [6.07, 6.45) is 1.72. The molecule has 0 fully saturated rings. The molecule has 0 aliphatic carbocycles. The number of pyridine rings is 1. The molecular weight excluding hydrogens is 356 g/mol. The molecule has 0 unspecified atom stereocenters. The van der Waals surface area contributed by atoms with Gasteiger partial charge in [0.1, 0.15) is 19.0 Å². The highest BCUT2D eigenvalue weighted by molar-refractivity contribution is 5.79. The van der Waals surface area contributed by atoms with E-state index in [1.165, 1.54) is 0 Å². The Labute approximate surface area is 167 Å². The first kappa shape index (κ1) is 21.5. The Morgan fingerprint density at radius 1 is 1.07 bits per heavy atom. The number of hydrogen-bond acceptors (Lipinski definition) is 5. The van der Waals surface area contributed by atoms with E-state index in [0.29, 0.717) is 38.8 Å². The molecule has 0 saturated carbocycles. The SMILES string of the molecule is CCNC(=NCc1cccnc1OCCOC)N(C)CCOc1ccccc1. The van der Waals surface area contributed by atoms with Crippen LogP contribution < -0.4 is 14.8 Å². The van der Waals surface area contributed by atoms with Crippen LogP contribution in [0.15, 0.2) is 53.7 Å². The quantitative estimate of drug-likeness (QED) is 0.364. The van der Waals surface area contributed by atoms with Crippen molar-refractivity contribution < 1.29 is 14.2 Å². The van der Waals surface area contributed by atoms with Gasteiger partial charge in [0, 0.05) is 32.5 Å². The molecule has 7 heteroatoms. The van der Waals surface area contributed by atoms with Crippen LogP contribution in [0, 0.1) is 0 Å². The van der Waals surface area contributed by atoms with Gasteiger partial charge >= 0.3 is 0 Å². The van der Waals surface area contributed by atoms with Gasteiger partial charge < -0.3 is 24.4 Å². The van der Waals surface area contributed by atoms with Crippen LogP contribution in [0.2, 0.25) is 0 Å². The van der Waals surface area contributed by atoms with Crippen LogP contribution in [0.25, 0.3) is 0 Å². The number of likely N-dealkylation sites (N-methyl/N-ethyl adjacent to an activating group) is 1. The monoisotopic (exact) mass is 386 g/mol. The molecule has 1 N–H and O–H groups in total. The van der Waals surface area contributed by atoms with Crippen molar-refractivity contribution in [3.05, 3.63) is 54.2 Å². The second kappa shape index (κ2) is 12.6. The zero-order valence-corrected chi connectivity index (χ0v) is 16.9. The molecular formula is C21H30N4O3. The highest BCUT2D eigenvalue weighted by Crippen LogP contribution is 2.15. The fourth-order valence-electron chi connectivity index (χ4n) is 2.45. The van der Waals surface area contributed by atoms with Crippen LogP contribution in [0.5, 0.6) is 11.6 Å². The number of nitrogens with one attached hydrogen (secondary N) is 1. The fourth-order valence-corrected chi connectivity index (χ4v) is 2.45. The lowest BCUT2D eigenvalue weighted by Gasteiger charge is -2.22. The van der Waals surface area contributed by atoms with Gasteiger partial charge in [-0.25, -0.2) is 9.98 Å². The van der Waals surface area contributed by atoms with Crippen molar-refractivity contribution in [1.29, 1.82) is 0 Å². The Balaban J connectivity index is 1.93. The van der Waals surface area contributed by atoms with Gasteiger partial charge in [0.25, 0.3) is 0 Å². The molecule has 1 aromatic carbocycles. The Kier molecular flexibility index (Phi) is 9.65. The maximum atomic E-state index is 5.78. The van der Waals surface area contributed by atoms with E-state index in [-0.39, 0.29) is 0 Å². The van der Waals surface area contributed by atoms with Crippen molar-refractivity contribution in [3.8, 4) is 11.6 Å². The summed E-state index contributed by atoms with van der Waals surface area (Å²) in [5, 5.41) is 3.31. The first-order valence-corrected chi connectivity index (χ1v) is 9.47.